The number of hydrogen-bond donors (Lipinski definition) is 0. The normalized spacial score (nSPS) is 11.3. The van der Waals surface area contributed by atoms with Crippen molar-refractivity contribution in [3.63, 3.8) is 0 Å². The van der Waals surface area contributed by atoms with E-state index in [0.717, 1.165) is 22.7 Å². The molecule has 0 atom stereocenters. The number of fused-ring (bicyclic) bond motifs is 4. The molecule has 0 aliphatic rings. The lowest BCUT2D eigenvalue weighted by atomic mass is 9.99. The predicted octanol–water partition coefficient (Wildman–Crippen LogP) is 12.7. The average molecular weight is 613 g/mol. The lowest BCUT2D eigenvalue weighted by Crippen LogP contribution is -2.11. The number of nitrogens with zero attached hydrogens (tertiary/aromatic N) is 2. The van der Waals surface area contributed by atoms with E-state index in [9.17, 15) is 0 Å². The maximum Gasteiger partial charge on any atom is 0.0562 e. The van der Waals surface area contributed by atoms with Gasteiger partial charge in [0.2, 0.25) is 0 Å². The highest BCUT2D eigenvalue weighted by Gasteiger charge is 2.21. The van der Waals surface area contributed by atoms with Crippen LogP contribution in [0.15, 0.2) is 194 Å². The van der Waals surface area contributed by atoms with E-state index in [1.807, 2.05) is 0 Å². The van der Waals surface area contributed by atoms with E-state index in [2.05, 4.69) is 204 Å². The summed E-state index contributed by atoms with van der Waals surface area (Å²) in [5.41, 5.74) is 11.7. The number of benzene rings is 8. The molecule has 0 bridgehead atoms. The topological polar surface area (TPSA) is 8.17 Å². The van der Waals surface area contributed by atoms with E-state index in [4.69, 9.17) is 0 Å². The van der Waals surface area contributed by atoms with E-state index >= 15 is 0 Å². The van der Waals surface area contributed by atoms with Crippen LogP contribution in [0.3, 0.4) is 0 Å². The number of hydrogen-bond acceptors (Lipinski definition) is 1. The van der Waals surface area contributed by atoms with Crippen molar-refractivity contribution in [3.05, 3.63) is 194 Å². The first-order valence-corrected chi connectivity index (χ1v) is 16.4. The Morgan fingerprint density at radius 3 is 1.73 bits per heavy atom. The van der Waals surface area contributed by atoms with Gasteiger partial charge in [0.05, 0.1) is 16.7 Å². The van der Waals surface area contributed by atoms with Crippen molar-refractivity contribution in [2.45, 2.75) is 0 Å². The average Bonchev–Trinajstić information content (AvgIpc) is 3.50. The van der Waals surface area contributed by atoms with Crippen LogP contribution in [0.2, 0.25) is 0 Å². The molecule has 0 N–H and O–H groups in total. The zero-order chi connectivity index (χ0) is 31.9. The van der Waals surface area contributed by atoms with Gasteiger partial charge in [0.15, 0.2) is 0 Å². The van der Waals surface area contributed by atoms with Gasteiger partial charge in [-0.3, -0.25) is 0 Å². The molecule has 0 spiro atoms. The number of anilines is 3. The standard InChI is InChI=1S/C46H32N2/c1-4-16-34(17-5-1)40-23-12-13-25-43(40)47(38-28-27-33-15-10-11-20-36(33)31-38)39-29-30-42-45(32-39)48(37-21-8-3-9-22-37)44-26-14-24-41(46(42)44)35-18-6-2-7-19-35/h1-32H. The molecule has 226 valence electrons. The molecule has 1 aromatic heterocycles. The van der Waals surface area contributed by atoms with E-state index in [0.29, 0.717) is 0 Å². The van der Waals surface area contributed by atoms with Crippen molar-refractivity contribution in [1.82, 2.24) is 4.57 Å². The van der Waals surface area contributed by atoms with E-state index in [1.165, 1.54) is 54.8 Å². The zero-order valence-electron chi connectivity index (χ0n) is 26.4. The van der Waals surface area contributed by atoms with Crippen LogP contribution in [0.4, 0.5) is 17.1 Å². The van der Waals surface area contributed by atoms with E-state index < -0.39 is 0 Å². The summed E-state index contributed by atoms with van der Waals surface area (Å²) in [5, 5.41) is 4.93. The van der Waals surface area contributed by atoms with Crippen molar-refractivity contribution in [3.8, 4) is 27.9 Å². The molecule has 48 heavy (non-hydrogen) atoms. The minimum atomic E-state index is 1.10. The second kappa shape index (κ2) is 11.8. The van der Waals surface area contributed by atoms with Crippen LogP contribution in [0, 0.1) is 0 Å². The summed E-state index contributed by atoms with van der Waals surface area (Å²) in [6, 6.07) is 69.9. The Morgan fingerprint density at radius 2 is 0.958 bits per heavy atom. The molecule has 0 aliphatic heterocycles. The molecular formula is C46H32N2. The fraction of sp³-hybridized carbons (Fsp3) is 0. The smallest absolute Gasteiger partial charge is 0.0562 e. The van der Waals surface area contributed by atoms with Crippen molar-refractivity contribution >= 4 is 49.6 Å². The Labute approximate surface area is 280 Å². The Hall–Kier alpha value is -6.38. The Morgan fingerprint density at radius 1 is 0.375 bits per heavy atom. The first-order chi connectivity index (χ1) is 23.8. The maximum atomic E-state index is 2.42. The van der Waals surface area contributed by atoms with Gasteiger partial charge in [0.25, 0.3) is 0 Å². The molecule has 9 aromatic rings. The minimum absolute atomic E-state index is 1.10. The van der Waals surface area contributed by atoms with E-state index in [-0.39, 0.29) is 0 Å². The van der Waals surface area contributed by atoms with Crippen LogP contribution < -0.4 is 4.90 Å². The third-order valence-corrected chi connectivity index (χ3v) is 9.35. The molecule has 0 unspecified atom stereocenters. The van der Waals surface area contributed by atoms with Gasteiger partial charge in [0, 0.05) is 33.4 Å². The SMILES string of the molecule is c1ccc(-c2ccccc2N(c2ccc3ccccc3c2)c2ccc3c4c(-c5ccccc5)cccc4n(-c4ccccc4)c3c2)cc1. The molecule has 0 aliphatic carbocycles. The maximum absolute atomic E-state index is 2.42. The highest BCUT2D eigenvalue weighted by atomic mass is 15.1. The van der Waals surface area contributed by atoms with Crippen molar-refractivity contribution in [2.75, 3.05) is 4.90 Å². The Bertz CT molecular complexity index is 2550. The molecule has 2 heteroatoms. The van der Waals surface area contributed by atoms with Crippen LogP contribution in [0.1, 0.15) is 0 Å². The molecule has 0 saturated heterocycles. The summed E-state index contributed by atoms with van der Waals surface area (Å²) < 4.78 is 2.42. The molecule has 0 fully saturated rings. The highest BCUT2D eigenvalue weighted by Crippen LogP contribution is 2.45. The van der Waals surface area contributed by atoms with Crippen LogP contribution in [0.5, 0.6) is 0 Å². The fourth-order valence-electron chi connectivity index (χ4n) is 7.18. The predicted molar refractivity (Wildman–Crippen MR) is 204 cm³/mol. The monoisotopic (exact) mass is 612 g/mol. The largest absolute Gasteiger partial charge is 0.310 e. The Kier molecular flexibility index (Phi) is 6.84. The minimum Gasteiger partial charge on any atom is -0.310 e. The van der Waals surface area contributed by atoms with Crippen molar-refractivity contribution in [2.24, 2.45) is 0 Å². The molecule has 0 saturated carbocycles. The third-order valence-electron chi connectivity index (χ3n) is 9.35. The molecule has 2 nitrogen and oxygen atoms in total. The second-order valence-corrected chi connectivity index (χ2v) is 12.2. The van der Waals surface area contributed by atoms with Gasteiger partial charge in [0.1, 0.15) is 0 Å². The summed E-state index contributed by atoms with van der Waals surface area (Å²) in [4.78, 5) is 2.42. The van der Waals surface area contributed by atoms with Gasteiger partial charge in [-0.1, -0.05) is 146 Å². The van der Waals surface area contributed by atoms with Gasteiger partial charge in [-0.2, -0.15) is 0 Å². The van der Waals surface area contributed by atoms with Crippen LogP contribution in [0.25, 0.3) is 60.5 Å². The van der Waals surface area contributed by atoms with Crippen molar-refractivity contribution < 1.29 is 0 Å². The lowest BCUT2D eigenvalue weighted by Gasteiger charge is -2.28. The zero-order valence-corrected chi connectivity index (χ0v) is 26.4. The number of rotatable bonds is 6. The number of para-hydroxylation sites is 2. The molecular weight excluding hydrogens is 581 g/mol. The van der Waals surface area contributed by atoms with Crippen LogP contribution in [-0.4, -0.2) is 4.57 Å². The fourth-order valence-corrected chi connectivity index (χ4v) is 7.18. The highest BCUT2D eigenvalue weighted by molar-refractivity contribution is 6.16. The summed E-state index contributed by atoms with van der Waals surface area (Å²) in [6.07, 6.45) is 0. The van der Waals surface area contributed by atoms with Crippen LogP contribution in [-0.2, 0) is 0 Å². The van der Waals surface area contributed by atoms with E-state index in [1.54, 1.807) is 0 Å². The first kappa shape index (κ1) is 27.9. The van der Waals surface area contributed by atoms with Gasteiger partial charge < -0.3 is 9.47 Å². The molecule has 1 heterocycles. The lowest BCUT2D eigenvalue weighted by molar-refractivity contribution is 1.18. The molecule has 8 aromatic carbocycles. The first-order valence-electron chi connectivity index (χ1n) is 16.4. The summed E-state index contributed by atoms with van der Waals surface area (Å²) >= 11 is 0. The quantitative estimate of drug-likeness (QED) is 0.181. The molecule has 0 amide bonds. The summed E-state index contributed by atoms with van der Waals surface area (Å²) in [5.74, 6) is 0. The summed E-state index contributed by atoms with van der Waals surface area (Å²) in [6.45, 7) is 0. The van der Waals surface area contributed by atoms with Crippen molar-refractivity contribution in [1.29, 1.82) is 0 Å². The van der Waals surface area contributed by atoms with Gasteiger partial charge in [-0.05, 0) is 76.0 Å². The van der Waals surface area contributed by atoms with Crippen LogP contribution >= 0.6 is 0 Å². The Balaban J connectivity index is 1.35. The second-order valence-electron chi connectivity index (χ2n) is 12.2. The van der Waals surface area contributed by atoms with Gasteiger partial charge in [-0.15, -0.1) is 0 Å². The third kappa shape index (κ3) is 4.74. The van der Waals surface area contributed by atoms with Gasteiger partial charge in [-0.25, -0.2) is 0 Å². The summed E-state index contributed by atoms with van der Waals surface area (Å²) in [7, 11) is 0. The molecule has 9 rings (SSSR count). The van der Waals surface area contributed by atoms with Gasteiger partial charge >= 0.3 is 0 Å². The number of aromatic nitrogens is 1. The molecule has 0 radical (unpaired) electrons.